The number of piperidine rings is 1. The number of aliphatic hydroxyl groups excluding tert-OH is 1. The molecule has 1 fully saturated rings. The third kappa shape index (κ3) is 2.65. The number of halogens is 1. The summed E-state index contributed by atoms with van der Waals surface area (Å²) in [5, 5.41) is 20.4. The molecule has 0 bridgehead atoms. The monoisotopic (exact) mass is 304 g/mol. The zero-order valence-electron chi connectivity index (χ0n) is 10.4. The average Bonchev–Trinajstić information content (AvgIpc) is 2.38. The lowest BCUT2D eigenvalue weighted by Crippen LogP contribution is -2.42. The molecule has 0 saturated carbocycles. The van der Waals surface area contributed by atoms with Crippen LogP contribution in [-0.2, 0) is 10.0 Å². The highest BCUT2D eigenvalue weighted by Crippen LogP contribution is 2.30. The van der Waals surface area contributed by atoms with Gasteiger partial charge in [0.15, 0.2) is 4.90 Å². The van der Waals surface area contributed by atoms with Gasteiger partial charge >= 0.3 is 5.69 Å². The summed E-state index contributed by atoms with van der Waals surface area (Å²) >= 11 is 0. The molecule has 7 nitrogen and oxygen atoms in total. The van der Waals surface area contributed by atoms with Gasteiger partial charge in [-0.3, -0.25) is 10.1 Å². The van der Waals surface area contributed by atoms with E-state index in [-0.39, 0.29) is 13.1 Å². The Morgan fingerprint density at radius 3 is 2.75 bits per heavy atom. The van der Waals surface area contributed by atoms with Crippen molar-refractivity contribution < 1.29 is 22.8 Å². The normalized spacial score (nSPS) is 20.8. The van der Waals surface area contributed by atoms with E-state index in [0.29, 0.717) is 12.8 Å². The van der Waals surface area contributed by atoms with Crippen LogP contribution in [0, 0.1) is 15.9 Å². The van der Waals surface area contributed by atoms with E-state index in [2.05, 4.69) is 0 Å². The standard InChI is InChI=1S/C11H13FN2O5S/c12-9-4-1-5-10(11(9)14(16)17)20(18,19)13-6-2-3-8(15)7-13/h1,4-5,8,15H,2-3,6-7H2/t8-/m0/s1. The molecule has 2 rings (SSSR count). The highest BCUT2D eigenvalue weighted by molar-refractivity contribution is 7.89. The smallest absolute Gasteiger partial charge is 0.324 e. The van der Waals surface area contributed by atoms with Gasteiger partial charge in [-0.05, 0) is 25.0 Å². The number of hydrogen-bond donors (Lipinski definition) is 1. The third-order valence-corrected chi connectivity index (χ3v) is 5.01. The fraction of sp³-hybridized carbons (Fsp3) is 0.455. The topological polar surface area (TPSA) is 101 Å². The lowest BCUT2D eigenvalue weighted by Gasteiger charge is -2.29. The van der Waals surface area contributed by atoms with E-state index >= 15 is 0 Å². The summed E-state index contributed by atoms with van der Waals surface area (Å²) in [5.74, 6) is -1.20. The number of β-amino-alcohol motifs (C(OH)–C–C–N with tert-alkyl or cyclic N) is 1. The maximum absolute atomic E-state index is 13.5. The van der Waals surface area contributed by atoms with Gasteiger partial charge in [0, 0.05) is 13.1 Å². The van der Waals surface area contributed by atoms with Gasteiger partial charge in [0.2, 0.25) is 15.8 Å². The first-order valence-electron chi connectivity index (χ1n) is 5.95. The van der Waals surface area contributed by atoms with E-state index < -0.39 is 37.5 Å². The molecule has 1 N–H and O–H groups in total. The van der Waals surface area contributed by atoms with E-state index in [0.717, 1.165) is 22.5 Å². The Bertz CT molecular complexity index is 634. The van der Waals surface area contributed by atoms with Crippen LogP contribution >= 0.6 is 0 Å². The molecule has 0 amide bonds. The molecule has 1 aromatic rings. The predicted molar refractivity (Wildman–Crippen MR) is 67.1 cm³/mol. The molecule has 110 valence electrons. The van der Waals surface area contributed by atoms with Crippen LogP contribution in [0.1, 0.15) is 12.8 Å². The predicted octanol–water partition coefficient (Wildman–Crippen LogP) is 0.879. The first-order chi connectivity index (χ1) is 9.34. The van der Waals surface area contributed by atoms with Crippen molar-refractivity contribution in [3.8, 4) is 0 Å². The lowest BCUT2D eigenvalue weighted by atomic mass is 10.1. The molecule has 0 radical (unpaired) electrons. The van der Waals surface area contributed by atoms with E-state index in [9.17, 15) is 28.0 Å². The summed E-state index contributed by atoms with van der Waals surface area (Å²) in [4.78, 5) is 9.13. The number of para-hydroxylation sites is 1. The zero-order chi connectivity index (χ0) is 14.9. The van der Waals surface area contributed by atoms with Crippen LogP contribution in [0.2, 0.25) is 0 Å². The highest BCUT2D eigenvalue weighted by atomic mass is 32.2. The molecule has 1 heterocycles. The third-order valence-electron chi connectivity index (χ3n) is 3.11. The quantitative estimate of drug-likeness (QED) is 0.660. The zero-order valence-corrected chi connectivity index (χ0v) is 11.2. The number of nitro benzene ring substituents is 1. The average molecular weight is 304 g/mol. The Morgan fingerprint density at radius 2 is 2.15 bits per heavy atom. The number of nitrogens with zero attached hydrogens (tertiary/aromatic N) is 2. The van der Waals surface area contributed by atoms with Crippen molar-refractivity contribution in [2.45, 2.75) is 23.8 Å². The first-order valence-corrected chi connectivity index (χ1v) is 7.39. The van der Waals surface area contributed by atoms with Gasteiger partial charge in [-0.25, -0.2) is 8.42 Å². The highest BCUT2D eigenvalue weighted by Gasteiger charge is 2.36. The van der Waals surface area contributed by atoms with Crippen molar-refractivity contribution in [2.24, 2.45) is 0 Å². The molecular formula is C11H13FN2O5S. The van der Waals surface area contributed by atoms with Gasteiger partial charge in [0.25, 0.3) is 0 Å². The summed E-state index contributed by atoms with van der Waals surface area (Å²) in [7, 11) is -4.20. The van der Waals surface area contributed by atoms with Crippen molar-refractivity contribution in [3.05, 3.63) is 34.1 Å². The maximum Gasteiger partial charge on any atom is 0.324 e. The van der Waals surface area contributed by atoms with Crippen molar-refractivity contribution in [1.29, 1.82) is 0 Å². The molecule has 0 aromatic heterocycles. The minimum atomic E-state index is -4.20. The molecule has 1 aliphatic rings. The Morgan fingerprint density at radius 1 is 1.45 bits per heavy atom. The number of aliphatic hydroxyl groups is 1. The SMILES string of the molecule is O=[N+]([O-])c1c(F)cccc1S(=O)(=O)N1CCC[C@H](O)C1. The van der Waals surface area contributed by atoms with Gasteiger partial charge < -0.3 is 5.11 Å². The number of benzene rings is 1. The lowest BCUT2D eigenvalue weighted by molar-refractivity contribution is -0.390. The largest absolute Gasteiger partial charge is 0.392 e. The van der Waals surface area contributed by atoms with E-state index in [1.54, 1.807) is 0 Å². The second-order valence-electron chi connectivity index (χ2n) is 4.50. The van der Waals surface area contributed by atoms with Crippen LogP contribution in [0.5, 0.6) is 0 Å². The second kappa shape index (κ2) is 5.43. The van der Waals surface area contributed by atoms with Crippen LogP contribution < -0.4 is 0 Å². The Kier molecular flexibility index (Phi) is 4.02. The summed E-state index contributed by atoms with van der Waals surface area (Å²) < 4.78 is 39.2. The Labute approximate surface area is 114 Å². The van der Waals surface area contributed by atoms with Gasteiger partial charge in [-0.2, -0.15) is 8.70 Å². The fourth-order valence-corrected chi connectivity index (χ4v) is 3.84. The molecule has 1 atom stereocenters. The maximum atomic E-state index is 13.5. The molecular weight excluding hydrogens is 291 g/mol. The van der Waals surface area contributed by atoms with Gasteiger partial charge in [0.1, 0.15) is 0 Å². The van der Waals surface area contributed by atoms with Gasteiger partial charge in [0.05, 0.1) is 11.0 Å². The van der Waals surface area contributed by atoms with Crippen molar-refractivity contribution in [2.75, 3.05) is 13.1 Å². The minimum Gasteiger partial charge on any atom is -0.392 e. The number of rotatable bonds is 3. The van der Waals surface area contributed by atoms with Crippen molar-refractivity contribution in [3.63, 3.8) is 0 Å². The van der Waals surface area contributed by atoms with Gasteiger partial charge in [-0.1, -0.05) is 6.07 Å². The number of hydrogen-bond acceptors (Lipinski definition) is 5. The second-order valence-corrected chi connectivity index (χ2v) is 6.41. The Balaban J connectivity index is 2.49. The Hall–Kier alpha value is -1.58. The summed E-state index contributed by atoms with van der Waals surface area (Å²) in [5.41, 5.74) is -1.06. The molecule has 0 spiro atoms. The summed E-state index contributed by atoms with van der Waals surface area (Å²) in [6, 6.07) is 2.94. The minimum absolute atomic E-state index is 0.143. The first kappa shape index (κ1) is 14.8. The number of sulfonamides is 1. The van der Waals surface area contributed by atoms with E-state index in [4.69, 9.17) is 0 Å². The molecule has 20 heavy (non-hydrogen) atoms. The summed E-state index contributed by atoms with van der Waals surface area (Å²) in [6.07, 6.45) is 0.104. The summed E-state index contributed by atoms with van der Waals surface area (Å²) in [6.45, 7) is 0.00304. The molecule has 1 saturated heterocycles. The molecule has 1 aliphatic heterocycles. The molecule has 9 heteroatoms. The van der Waals surface area contributed by atoms with Crippen LogP contribution in [0.4, 0.5) is 10.1 Å². The van der Waals surface area contributed by atoms with E-state index in [1.165, 1.54) is 0 Å². The van der Waals surface area contributed by atoms with Crippen LogP contribution in [0.15, 0.2) is 23.1 Å². The van der Waals surface area contributed by atoms with Crippen LogP contribution in [0.25, 0.3) is 0 Å². The van der Waals surface area contributed by atoms with Crippen molar-refractivity contribution in [1.82, 2.24) is 4.31 Å². The van der Waals surface area contributed by atoms with Crippen LogP contribution in [0.3, 0.4) is 0 Å². The molecule has 0 aliphatic carbocycles. The van der Waals surface area contributed by atoms with Gasteiger partial charge in [-0.15, -0.1) is 0 Å². The molecule has 1 aromatic carbocycles. The van der Waals surface area contributed by atoms with Crippen molar-refractivity contribution >= 4 is 15.7 Å². The van der Waals surface area contributed by atoms with Crippen LogP contribution in [-0.4, -0.2) is 41.9 Å². The fourth-order valence-electron chi connectivity index (χ4n) is 2.16. The van der Waals surface area contributed by atoms with E-state index in [1.807, 2.05) is 0 Å². The molecule has 0 unspecified atom stereocenters. The number of nitro groups is 1.